The van der Waals surface area contributed by atoms with E-state index in [4.69, 9.17) is 0 Å². The molecule has 0 spiro atoms. The number of nitrogens with one attached hydrogen (secondary N) is 1. The van der Waals surface area contributed by atoms with Gasteiger partial charge in [0.1, 0.15) is 10.8 Å². The number of nitrogens with zero attached hydrogens (tertiary/aromatic N) is 3. The third kappa shape index (κ3) is 2.57. The van der Waals surface area contributed by atoms with Gasteiger partial charge in [-0.05, 0) is 31.5 Å². The predicted octanol–water partition coefficient (Wildman–Crippen LogP) is 2.60. The summed E-state index contributed by atoms with van der Waals surface area (Å²) in [5, 5.41) is 5.03. The minimum Gasteiger partial charge on any atom is -0.278 e. The van der Waals surface area contributed by atoms with Crippen molar-refractivity contribution in [3.05, 3.63) is 40.8 Å². The standard InChI is InChI=1S/C13H13FN4O2S2/c1-3-11-16-18-12(8(2)15-13(18)21-11)22(19,20)17-10-6-4-5-9(14)7-10/h4-7,17H,3H2,1-2H3. The molecule has 9 heteroatoms. The molecule has 0 unspecified atom stereocenters. The highest BCUT2D eigenvalue weighted by Crippen LogP contribution is 2.24. The van der Waals surface area contributed by atoms with Gasteiger partial charge >= 0.3 is 0 Å². The number of hydrogen-bond donors (Lipinski definition) is 1. The van der Waals surface area contributed by atoms with Crippen molar-refractivity contribution in [2.24, 2.45) is 0 Å². The Morgan fingerprint density at radius 2 is 2.18 bits per heavy atom. The van der Waals surface area contributed by atoms with Crippen molar-refractivity contribution in [1.29, 1.82) is 0 Å². The minimum absolute atomic E-state index is 0.0253. The van der Waals surface area contributed by atoms with Crippen molar-refractivity contribution in [2.75, 3.05) is 4.72 Å². The quantitative estimate of drug-likeness (QED) is 0.792. The van der Waals surface area contributed by atoms with E-state index < -0.39 is 15.8 Å². The Hall–Kier alpha value is -2.00. The Kier molecular flexibility index (Phi) is 3.61. The van der Waals surface area contributed by atoms with Crippen molar-refractivity contribution in [1.82, 2.24) is 14.6 Å². The predicted molar refractivity (Wildman–Crippen MR) is 82.2 cm³/mol. The number of aromatic nitrogens is 3. The molecule has 0 atom stereocenters. The zero-order valence-electron chi connectivity index (χ0n) is 11.9. The van der Waals surface area contributed by atoms with E-state index in [9.17, 15) is 12.8 Å². The first-order chi connectivity index (χ1) is 10.4. The number of fused-ring (bicyclic) bond motifs is 1. The molecule has 1 N–H and O–H groups in total. The summed E-state index contributed by atoms with van der Waals surface area (Å²) in [7, 11) is -3.91. The van der Waals surface area contributed by atoms with Gasteiger partial charge in [-0.2, -0.15) is 18.0 Å². The van der Waals surface area contributed by atoms with Crippen molar-refractivity contribution in [3.63, 3.8) is 0 Å². The fourth-order valence-corrected chi connectivity index (χ4v) is 4.34. The molecule has 3 aromatic rings. The molecule has 0 aliphatic carbocycles. The Bertz CT molecular complexity index is 946. The minimum atomic E-state index is -3.91. The van der Waals surface area contributed by atoms with Crippen molar-refractivity contribution < 1.29 is 12.8 Å². The molecule has 0 bridgehead atoms. The maximum absolute atomic E-state index is 13.2. The van der Waals surface area contributed by atoms with Crippen molar-refractivity contribution in [3.8, 4) is 0 Å². The molecule has 3 rings (SSSR count). The van der Waals surface area contributed by atoms with E-state index in [0.717, 1.165) is 11.1 Å². The highest BCUT2D eigenvalue weighted by atomic mass is 32.2. The van der Waals surface area contributed by atoms with Crippen LogP contribution in [0.2, 0.25) is 0 Å². The van der Waals surface area contributed by atoms with Gasteiger partial charge < -0.3 is 0 Å². The topological polar surface area (TPSA) is 76.4 Å². The van der Waals surface area contributed by atoms with Gasteiger partial charge in [0.2, 0.25) is 9.99 Å². The van der Waals surface area contributed by atoms with Crippen molar-refractivity contribution >= 4 is 32.0 Å². The number of halogens is 1. The van der Waals surface area contributed by atoms with Gasteiger partial charge in [0, 0.05) is 0 Å². The number of rotatable bonds is 4. The molecule has 2 aromatic heterocycles. The van der Waals surface area contributed by atoms with E-state index in [1.54, 1.807) is 6.92 Å². The number of anilines is 1. The summed E-state index contributed by atoms with van der Waals surface area (Å²) in [6.07, 6.45) is 0.698. The van der Waals surface area contributed by atoms with Crippen molar-refractivity contribution in [2.45, 2.75) is 25.3 Å². The molecule has 116 valence electrons. The lowest BCUT2D eigenvalue weighted by Gasteiger charge is -2.07. The lowest BCUT2D eigenvalue weighted by Crippen LogP contribution is -2.16. The Labute approximate surface area is 130 Å². The van der Waals surface area contributed by atoms with Crippen LogP contribution in [-0.4, -0.2) is 23.0 Å². The Balaban J connectivity index is 2.08. The second-order valence-corrected chi connectivity index (χ2v) is 7.30. The molecule has 0 aliphatic rings. The molecule has 0 saturated carbocycles. The molecule has 2 heterocycles. The summed E-state index contributed by atoms with van der Waals surface area (Å²) in [6.45, 7) is 3.54. The molecule has 0 radical (unpaired) electrons. The van der Waals surface area contributed by atoms with Crippen LogP contribution in [0.1, 0.15) is 17.6 Å². The average molecular weight is 340 g/mol. The lowest BCUT2D eigenvalue weighted by atomic mass is 10.3. The van der Waals surface area contributed by atoms with Gasteiger partial charge in [-0.3, -0.25) is 4.72 Å². The van der Waals surface area contributed by atoms with E-state index in [1.807, 2.05) is 6.92 Å². The van der Waals surface area contributed by atoms with Crippen LogP contribution in [0, 0.1) is 12.7 Å². The van der Waals surface area contributed by atoms with Gasteiger partial charge in [0.25, 0.3) is 10.0 Å². The molecule has 22 heavy (non-hydrogen) atoms. The normalized spacial score (nSPS) is 12.0. The van der Waals surface area contributed by atoms with E-state index in [-0.39, 0.29) is 10.7 Å². The number of sulfonamides is 1. The zero-order chi connectivity index (χ0) is 15.9. The first-order valence-corrected chi connectivity index (χ1v) is 8.84. The van der Waals surface area contributed by atoms with Crippen LogP contribution < -0.4 is 4.72 Å². The van der Waals surface area contributed by atoms with E-state index >= 15 is 0 Å². The van der Waals surface area contributed by atoms with Crippen LogP contribution >= 0.6 is 11.3 Å². The van der Waals surface area contributed by atoms with Gasteiger partial charge in [-0.1, -0.05) is 24.3 Å². The van der Waals surface area contributed by atoms with Gasteiger partial charge in [0.15, 0.2) is 0 Å². The molecular formula is C13H13FN4O2S2. The molecule has 0 saturated heterocycles. The summed E-state index contributed by atoms with van der Waals surface area (Å²) in [5.74, 6) is -0.516. The highest BCUT2D eigenvalue weighted by Gasteiger charge is 2.25. The highest BCUT2D eigenvalue weighted by molar-refractivity contribution is 7.92. The summed E-state index contributed by atoms with van der Waals surface area (Å²) < 4.78 is 42.0. The summed E-state index contributed by atoms with van der Waals surface area (Å²) in [5.41, 5.74) is 0.505. The second-order valence-electron chi connectivity index (χ2n) is 4.66. The van der Waals surface area contributed by atoms with Gasteiger partial charge in [-0.15, -0.1) is 0 Å². The SMILES string of the molecule is CCc1nn2c(S(=O)(=O)Nc3cccc(F)c3)c(C)nc2s1. The number of imidazole rings is 1. The fourth-order valence-electron chi connectivity index (χ4n) is 2.08. The molecule has 6 nitrogen and oxygen atoms in total. The number of aryl methyl sites for hydroxylation is 2. The maximum atomic E-state index is 13.2. The summed E-state index contributed by atoms with van der Waals surface area (Å²) >= 11 is 1.35. The first kappa shape index (κ1) is 14.9. The van der Waals surface area contributed by atoms with Crippen LogP contribution in [0.5, 0.6) is 0 Å². The van der Waals surface area contributed by atoms with Crippen LogP contribution in [0.4, 0.5) is 10.1 Å². The molecule has 0 fully saturated rings. The van der Waals surface area contributed by atoms with Crippen LogP contribution in [0.25, 0.3) is 4.96 Å². The Morgan fingerprint density at radius 1 is 1.41 bits per heavy atom. The Morgan fingerprint density at radius 3 is 2.86 bits per heavy atom. The zero-order valence-corrected chi connectivity index (χ0v) is 13.5. The second kappa shape index (κ2) is 5.33. The smallest absolute Gasteiger partial charge is 0.278 e. The molecule has 0 amide bonds. The third-order valence-electron chi connectivity index (χ3n) is 3.00. The number of hydrogen-bond acceptors (Lipinski definition) is 5. The summed E-state index contributed by atoms with van der Waals surface area (Å²) in [4.78, 5) is 4.76. The molecule has 0 aliphatic heterocycles. The van der Waals surface area contributed by atoms with Crippen LogP contribution in [-0.2, 0) is 16.4 Å². The third-order valence-corrected chi connectivity index (χ3v) is 5.54. The average Bonchev–Trinajstić information content (AvgIpc) is 2.93. The van der Waals surface area contributed by atoms with Gasteiger partial charge in [0.05, 0.1) is 11.4 Å². The van der Waals surface area contributed by atoms with Crippen LogP contribution in [0.3, 0.4) is 0 Å². The molecular weight excluding hydrogens is 327 g/mol. The summed E-state index contributed by atoms with van der Waals surface area (Å²) in [6, 6.07) is 5.27. The van der Waals surface area contributed by atoms with Crippen LogP contribution in [0.15, 0.2) is 29.3 Å². The van der Waals surface area contributed by atoms with E-state index in [2.05, 4.69) is 14.8 Å². The van der Waals surface area contributed by atoms with E-state index in [1.165, 1.54) is 34.1 Å². The van der Waals surface area contributed by atoms with E-state index in [0.29, 0.717) is 17.1 Å². The fraction of sp³-hybridized carbons (Fsp3) is 0.231. The number of benzene rings is 1. The maximum Gasteiger partial charge on any atom is 0.281 e. The largest absolute Gasteiger partial charge is 0.281 e. The lowest BCUT2D eigenvalue weighted by molar-refractivity contribution is 0.592. The first-order valence-electron chi connectivity index (χ1n) is 6.54. The monoisotopic (exact) mass is 340 g/mol. The molecule has 1 aromatic carbocycles. The van der Waals surface area contributed by atoms with Gasteiger partial charge in [-0.25, -0.2) is 9.37 Å².